The average molecular weight is 263 g/mol. The molecule has 104 valence electrons. The van der Waals surface area contributed by atoms with Crippen LogP contribution in [0.2, 0.25) is 0 Å². The van der Waals surface area contributed by atoms with E-state index in [0.717, 1.165) is 36.3 Å². The van der Waals surface area contributed by atoms with E-state index in [1.807, 2.05) is 18.2 Å². The van der Waals surface area contributed by atoms with Gasteiger partial charge in [0, 0.05) is 12.0 Å². The number of benzene rings is 1. The molecule has 4 nitrogen and oxygen atoms in total. The molecular formula is C15H21NO3. The molecule has 3 N–H and O–H groups in total. The second kappa shape index (κ2) is 4.69. The van der Waals surface area contributed by atoms with Gasteiger partial charge in [-0.05, 0) is 36.5 Å². The molecule has 4 heteroatoms. The largest absolute Gasteiger partial charge is 0.454 e. The van der Waals surface area contributed by atoms with Crippen molar-refractivity contribution < 1.29 is 14.6 Å². The number of hydrogen-bond donors (Lipinski definition) is 2. The first-order valence-corrected chi connectivity index (χ1v) is 6.92. The summed E-state index contributed by atoms with van der Waals surface area (Å²) in [5.41, 5.74) is 6.66. The predicted molar refractivity (Wildman–Crippen MR) is 72.0 cm³/mol. The fourth-order valence-electron chi connectivity index (χ4n) is 3.41. The standard InChI is InChI=1S/C15H21NO3/c1-10-4-5-15(7-10,8-16)14(17)11-2-3-12-13(6-11)19-9-18-12/h2-3,6,10,14,17H,4-5,7-9,16H2,1H3. The highest BCUT2D eigenvalue weighted by atomic mass is 16.7. The van der Waals surface area contributed by atoms with E-state index in [4.69, 9.17) is 15.2 Å². The van der Waals surface area contributed by atoms with Crippen LogP contribution in [-0.2, 0) is 0 Å². The Morgan fingerprint density at radius 1 is 1.42 bits per heavy atom. The van der Waals surface area contributed by atoms with Crippen molar-refractivity contribution in [1.82, 2.24) is 0 Å². The Labute approximate surface area is 113 Å². The Hall–Kier alpha value is -1.26. The van der Waals surface area contributed by atoms with Crippen LogP contribution in [0.15, 0.2) is 18.2 Å². The molecule has 1 saturated carbocycles. The summed E-state index contributed by atoms with van der Waals surface area (Å²) in [4.78, 5) is 0. The Morgan fingerprint density at radius 3 is 2.89 bits per heavy atom. The minimum atomic E-state index is -0.531. The molecule has 1 heterocycles. The highest BCUT2D eigenvalue weighted by molar-refractivity contribution is 5.45. The van der Waals surface area contributed by atoms with Crippen molar-refractivity contribution in [3.05, 3.63) is 23.8 Å². The molecule has 0 saturated heterocycles. The van der Waals surface area contributed by atoms with Crippen molar-refractivity contribution in [2.24, 2.45) is 17.1 Å². The molecule has 0 radical (unpaired) electrons. The van der Waals surface area contributed by atoms with Crippen molar-refractivity contribution in [2.45, 2.75) is 32.3 Å². The second-order valence-electron chi connectivity index (χ2n) is 5.93. The lowest BCUT2D eigenvalue weighted by Gasteiger charge is -2.33. The van der Waals surface area contributed by atoms with E-state index in [1.165, 1.54) is 0 Å². The van der Waals surface area contributed by atoms with Gasteiger partial charge in [-0.15, -0.1) is 0 Å². The van der Waals surface area contributed by atoms with Crippen molar-refractivity contribution in [1.29, 1.82) is 0 Å². The molecule has 19 heavy (non-hydrogen) atoms. The lowest BCUT2D eigenvalue weighted by atomic mass is 9.77. The molecule has 0 amide bonds. The van der Waals surface area contributed by atoms with Crippen LogP contribution < -0.4 is 15.2 Å². The number of ether oxygens (including phenoxy) is 2. The number of fused-ring (bicyclic) bond motifs is 1. The fourth-order valence-corrected chi connectivity index (χ4v) is 3.41. The first-order valence-electron chi connectivity index (χ1n) is 6.92. The molecule has 3 unspecified atom stereocenters. The number of hydrogen-bond acceptors (Lipinski definition) is 4. The van der Waals surface area contributed by atoms with E-state index >= 15 is 0 Å². The lowest BCUT2D eigenvalue weighted by Crippen LogP contribution is -2.34. The van der Waals surface area contributed by atoms with E-state index in [9.17, 15) is 5.11 Å². The summed E-state index contributed by atoms with van der Waals surface area (Å²) in [6.45, 7) is 3.00. The smallest absolute Gasteiger partial charge is 0.231 e. The van der Waals surface area contributed by atoms with Crippen molar-refractivity contribution >= 4 is 0 Å². The molecule has 1 fully saturated rings. The summed E-state index contributed by atoms with van der Waals surface area (Å²) in [6.07, 6.45) is 2.58. The van der Waals surface area contributed by atoms with Crippen LogP contribution in [0, 0.1) is 11.3 Å². The molecule has 0 bridgehead atoms. The van der Waals surface area contributed by atoms with Gasteiger partial charge in [0.2, 0.25) is 6.79 Å². The van der Waals surface area contributed by atoms with Gasteiger partial charge in [-0.1, -0.05) is 19.4 Å². The molecular weight excluding hydrogens is 242 g/mol. The fraction of sp³-hybridized carbons (Fsp3) is 0.600. The monoisotopic (exact) mass is 263 g/mol. The SMILES string of the molecule is CC1CCC(CN)(C(O)c2ccc3c(c2)OCO3)C1. The average Bonchev–Trinajstić information content (AvgIpc) is 3.03. The predicted octanol–water partition coefficient (Wildman–Crippen LogP) is 2.21. The van der Waals surface area contributed by atoms with Crippen LogP contribution in [-0.4, -0.2) is 18.4 Å². The van der Waals surface area contributed by atoms with Crippen LogP contribution in [0.1, 0.15) is 37.9 Å². The summed E-state index contributed by atoms with van der Waals surface area (Å²) in [7, 11) is 0. The zero-order valence-corrected chi connectivity index (χ0v) is 11.3. The van der Waals surface area contributed by atoms with Crippen molar-refractivity contribution in [3.63, 3.8) is 0 Å². The van der Waals surface area contributed by atoms with E-state index in [0.29, 0.717) is 12.5 Å². The molecule has 2 aliphatic rings. The first kappa shape index (κ1) is 12.8. The summed E-state index contributed by atoms with van der Waals surface area (Å²) in [5, 5.41) is 10.7. The Kier molecular flexibility index (Phi) is 3.15. The summed E-state index contributed by atoms with van der Waals surface area (Å²) < 4.78 is 10.7. The summed E-state index contributed by atoms with van der Waals surface area (Å²) in [5.74, 6) is 2.10. The maximum atomic E-state index is 10.7. The quantitative estimate of drug-likeness (QED) is 0.877. The van der Waals surface area contributed by atoms with Gasteiger partial charge in [-0.25, -0.2) is 0 Å². The molecule has 3 atom stereocenters. The van der Waals surface area contributed by atoms with Gasteiger partial charge in [0.25, 0.3) is 0 Å². The van der Waals surface area contributed by atoms with Gasteiger partial charge in [0.05, 0.1) is 6.10 Å². The van der Waals surface area contributed by atoms with E-state index in [-0.39, 0.29) is 12.2 Å². The highest BCUT2D eigenvalue weighted by Gasteiger charge is 2.43. The molecule has 0 spiro atoms. The number of aliphatic hydroxyl groups excluding tert-OH is 1. The molecule has 1 aliphatic heterocycles. The van der Waals surface area contributed by atoms with Crippen molar-refractivity contribution in [3.8, 4) is 11.5 Å². The summed E-state index contributed by atoms with van der Waals surface area (Å²) in [6, 6.07) is 5.66. The number of rotatable bonds is 3. The second-order valence-corrected chi connectivity index (χ2v) is 5.93. The molecule has 1 aromatic rings. The van der Waals surface area contributed by atoms with Gasteiger partial charge in [-0.2, -0.15) is 0 Å². The molecule has 3 rings (SSSR count). The van der Waals surface area contributed by atoms with Gasteiger partial charge >= 0.3 is 0 Å². The number of nitrogens with two attached hydrogens (primary N) is 1. The first-order chi connectivity index (χ1) is 9.14. The third-order valence-corrected chi connectivity index (χ3v) is 4.59. The van der Waals surface area contributed by atoms with Crippen molar-refractivity contribution in [2.75, 3.05) is 13.3 Å². The Balaban J connectivity index is 1.88. The van der Waals surface area contributed by atoms with Gasteiger partial charge in [0.15, 0.2) is 11.5 Å². The van der Waals surface area contributed by atoms with Crippen LogP contribution in [0.3, 0.4) is 0 Å². The van der Waals surface area contributed by atoms with Crippen LogP contribution in [0.25, 0.3) is 0 Å². The third kappa shape index (κ3) is 2.09. The zero-order valence-electron chi connectivity index (χ0n) is 11.3. The minimum absolute atomic E-state index is 0.187. The highest BCUT2D eigenvalue weighted by Crippen LogP contribution is 2.50. The molecule has 0 aromatic heterocycles. The Morgan fingerprint density at radius 2 is 2.21 bits per heavy atom. The van der Waals surface area contributed by atoms with Crippen LogP contribution in [0.4, 0.5) is 0 Å². The topological polar surface area (TPSA) is 64.7 Å². The summed E-state index contributed by atoms with van der Waals surface area (Å²) >= 11 is 0. The van der Waals surface area contributed by atoms with Gasteiger partial charge in [-0.3, -0.25) is 0 Å². The Bertz CT molecular complexity index is 476. The number of aliphatic hydroxyl groups is 1. The normalized spacial score (nSPS) is 30.6. The lowest BCUT2D eigenvalue weighted by molar-refractivity contribution is 0.0306. The molecule has 1 aliphatic carbocycles. The van der Waals surface area contributed by atoms with E-state index in [1.54, 1.807) is 0 Å². The van der Waals surface area contributed by atoms with Crippen LogP contribution in [0.5, 0.6) is 11.5 Å². The van der Waals surface area contributed by atoms with Crippen LogP contribution >= 0.6 is 0 Å². The maximum Gasteiger partial charge on any atom is 0.231 e. The maximum absolute atomic E-state index is 10.7. The van der Waals surface area contributed by atoms with E-state index < -0.39 is 6.10 Å². The van der Waals surface area contributed by atoms with Gasteiger partial charge in [0.1, 0.15) is 0 Å². The van der Waals surface area contributed by atoms with E-state index in [2.05, 4.69) is 6.92 Å². The third-order valence-electron chi connectivity index (χ3n) is 4.59. The minimum Gasteiger partial charge on any atom is -0.454 e. The van der Waals surface area contributed by atoms with Gasteiger partial charge < -0.3 is 20.3 Å². The zero-order chi connectivity index (χ0) is 13.5. The molecule has 1 aromatic carbocycles.